The lowest BCUT2D eigenvalue weighted by Crippen LogP contribution is -2.35. The van der Waals surface area contributed by atoms with Crippen molar-refractivity contribution in [1.29, 1.82) is 0 Å². The fraction of sp³-hybridized carbons (Fsp3) is 0.143. The van der Waals surface area contributed by atoms with Crippen molar-refractivity contribution in [3.63, 3.8) is 0 Å². The highest BCUT2D eigenvalue weighted by atomic mass is 35.5. The second-order valence-corrected chi connectivity index (χ2v) is 8.41. The van der Waals surface area contributed by atoms with Crippen LogP contribution in [0.25, 0.3) is 0 Å². The van der Waals surface area contributed by atoms with E-state index in [1.165, 1.54) is 12.4 Å². The molecule has 0 aliphatic heterocycles. The molecule has 0 bridgehead atoms. The summed E-state index contributed by atoms with van der Waals surface area (Å²) in [6.07, 6.45) is 3.55. The van der Waals surface area contributed by atoms with Crippen LogP contribution in [0.1, 0.15) is 10.4 Å². The molecule has 194 valence electrons. The van der Waals surface area contributed by atoms with Gasteiger partial charge < -0.3 is 19.5 Å². The van der Waals surface area contributed by atoms with Gasteiger partial charge in [-0.25, -0.2) is 9.78 Å². The summed E-state index contributed by atoms with van der Waals surface area (Å²) in [5.74, 6) is 0.518. The van der Waals surface area contributed by atoms with Crippen molar-refractivity contribution in [2.24, 2.45) is 0 Å². The van der Waals surface area contributed by atoms with Crippen LogP contribution in [0.15, 0.2) is 97.5 Å². The fourth-order valence-electron chi connectivity index (χ4n) is 3.67. The van der Waals surface area contributed by atoms with E-state index in [4.69, 9.17) is 21.1 Å². The topological polar surface area (TPSA) is 105 Å². The van der Waals surface area contributed by atoms with Gasteiger partial charge in [-0.05, 0) is 48.5 Å². The number of halogens is 1. The molecule has 2 heterocycles. The molecule has 9 nitrogen and oxygen atoms in total. The van der Waals surface area contributed by atoms with Crippen molar-refractivity contribution in [1.82, 2.24) is 9.97 Å². The number of carbonyl (C=O) groups excluding carboxylic acids is 1. The average molecular weight is 533 g/mol. The van der Waals surface area contributed by atoms with Crippen LogP contribution in [-0.2, 0) is 0 Å². The maximum absolute atomic E-state index is 13.6. The third kappa shape index (κ3) is 7.21. The molecule has 2 amide bonds. The SMILES string of the molecule is O=C(O)N(CCOc1cc(Cl)cc(C(=O)N(CCOc2ccccn2)c2ccccc2)c1)c1ccncc1. The van der Waals surface area contributed by atoms with Crippen LogP contribution < -0.4 is 19.3 Å². The summed E-state index contributed by atoms with van der Waals surface area (Å²) >= 11 is 6.32. The molecule has 0 unspecified atom stereocenters. The molecule has 0 radical (unpaired) electrons. The zero-order valence-electron chi connectivity index (χ0n) is 20.3. The number of aromatic nitrogens is 2. The fourth-order valence-corrected chi connectivity index (χ4v) is 3.89. The summed E-state index contributed by atoms with van der Waals surface area (Å²) in [7, 11) is 0. The van der Waals surface area contributed by atoms with Gasteiger partial charge in [-0.15, -0.1) is 0 Å². The zero-order valence-corrected chi connectivity index (χ0v) is 21.1. The standard InChI is InChI=1S/C28H25ClN4O5/c29-22-18-21(19-25(20-22)37-16-15-33(28(35)36)24-9-12-30-13-10-24)27(34)32(23-6-2-1-3-7-23)14-17-38-26-8-4-5-11-31-26/h1-13,18-20H,14-17H2,(H,35,36). The van der Waals surface area contributed by atoms with Gasteiger partial charge in [0.15, 0.2) is 0 Å². The van der Waals surface area contributed by atoms with Gasteiger partial charge >= 0.3 is 6.09 Å². The molecule has 0 aliphatic carbocycles. The van der Waals surface area contributed by atoms with E-state index in [0.717, 1.165) is 4.90 Å². The summed E-state index contributed by atoms with van der Waals surface area (Å²) in [6, 6.07) is 22.5. The molecule has 0 saturated heterocycles. The average Bonchev–Trinajstić information content (AvgIpc) is 2.94. The van der Waals surface area contributed by atoms with Crippen LogP contribution in [0.3, 0.4) is 0 Å². The smallest absolute Gasteiger partial charge is 0.411 e. The molecule has 2 aromatic carbocycles. The lowest BCUT2D eigenvalue weighted by molar-refractivity contribution is 0.0981. The second-order valence-electron chi connectivity index (χ2n) is 7.97. The van der Waals surface area contributed by atoms with Crippen LogP contribution in [0.2, 0.25) is 5.02 Å². The van der Waals surface area contributed by atoms with Crippen LogP contribution in [0, 0.1) is 0 Å². The first-order valence-corrected chi connectivity index (χ1v) is 12.1. The number of carbonyl (C=O) groups is 2. The number of pyridine rings is 2. The Kier molecular flexibility index (Phi) is 9.09. The molecule has 2 aromatic heterocycles. The maximum atomic E-state index is 13.6. The Labute approximate surface area is 224 Å². The van der Waals surface area contributed by atoms with Crippen LogP contribution >= 0.6 is 11.6 Å². The molecule has 0 fully saturated rings. The zero-order chi connectivity index (χ0) is 26.7. The number of amides is 2. The summed E-state index contributed by atoms with van der Waals surface area (Å²) in [5.41, 5.74) is 1.49. The molecule has 0 aliphatic rings. The van der Waals surface area contributed by atoms with Gasteiger partial charge in [-0.2, -0.15) is 0 Å². The molecule has 10 heteroatoms. The lowest BCUT2D eigenvalue weighted by Gasteiger charge is -2.23. The van der Waals surface area contributed by atoms with E-state index in [0.29, 0.717) is 33.6 Å². The summed E-state index contributed by atoms with van der Waals surface area (Å²) in [4.78, 5) is 36.1. The monoisotopic (exact) mass is 532 g/mol. The van der Waals surface area contributed by atoms with Crippen molar-refractivity contribution >= 4 is 35.0 Å². The number of carboxylic acid groups (broad SMARTS) is 1. The number of anilines is 2. The normalized spacial score (nSPS) is 10.4. The first-order valence-electron chi connectivity index (χ1n) is 11.8. The molecule has 0 spiro atoms. The number of rotatable bonds is 11. The maximum Gasteiger partial charge on any atom is 0.411 e. The molecular weight excluding hydrogens is 508 g/mol. The Balaban J connectivity index is 1.46. The second kappa shape index (κ2) is 13.1. The Morgan fingerprint density at radius 2 is 1.47 bits per heavy atom. The molecule has 4 aromatic rings. The van der Waals surface area contributed by atoms with E-state index in [2.05, 4.69) is 9.97 Å². The van der Waals surface area contributed by atoms with Crippen molar-refractivity contribution < 1.29 is 24.2 Å². The van der Waals surface area contributed by atoms with Gasteiger partial charge in [0, 0.05) is 40.9 Å². The van der Waals surface area contributed by atoms with Gasteiger partial charge in [-0.1, -0.05) is 35.9 Å². The lowest BCUT2D eigenvalue weighted by atomic mass is 10.1. The van der Waals surface area contributed by atoms with Crippen molar-refractivity contribution in [3.05, 3.63) is 108 Å². The molecular formula is C28H25ClN4O5. The Hall–Kier alpha value is -4.63. The largest absolute Gasteiger partial charge is 0.492 e. The highest BCUT2D eigenvalue weighted by Gasteiger charge is 2.20. The number of ether oxygens (including phenoxy) is 2. The van der Waals surface area contributed by atoms with Gasteiger partial charge in [0.25, 0.3) is 5.91 Å². The Morgan fingerprint density at radius 3 is 2.18 bits per heavy atom. The van der Waals surface area contributed by atoms with Crippen LogP contribution in [0.4, 0.5) is 16.2 Å². The predicted octanol–water partition coefficient (Wildman–Crippen LogP) is 5.42. The van der Waals surface area contributed by atoms with E-state index >= 15 is 0 Å². The minimum Gasteiger partial charge on any atom is -0.492 e. The molecule has 0 atom stereocenters. The molecule has 4 rings (SSSR count). The Morgan fingerprint density at radius 1 is 0.789 bits per heavy atom. The highest BCUT2D eigenvalue weighted by Crippen LogP contribution is 2.25. The summed E-state index contributed by atoms with van der Waals surface area (Å²) in [6.45, 7) is 0.599. The first-order chi connectivity index (χ1) is 18.5. The first kappa shape index (κ1) is 26.4. The van der Waals surface area contributed by atoms with E-state index in [9.17, 15) is 14.7 Å². The van der Waals surface area contributed by atoms with E-state index in [-0.39, 0.29) is 32.2 Å². The minimum atomic E-state index is -1.12. The number of hydrogen-bond donors (Lipinski definition) is 1. The van der Waals surface area contributed by atoms with E-state index in [1.54, 1.807) is 53.6 Å². The van der Waals surface area contributed by atoms with Crippen LogP contribution in [0.5, 0.6) is 11.6 Å². The third-order valence-corrected chi connectivity index (χ3v) is 5.64. The number of nitrogens with zero attached hydrogens (tertiary/aromatic N) is 4. The van der Waals surface area contributed by atoms with E-state index in [1.807, 2.05) is 36.4 Å². The molecule has 38 heavy (non-hydrogen) atoms. The summed E-state index contributed by atoms with van der Waals surface area (Å²) in [5, 5.41) is 9.88. The highest BCUT2D eigenvalue weighted by molar-refractivity contribution is 6.31. The quantitative estimate of drug-likeness (QED) is 0.275. The van der Waals surface area contributed by atoms with Gasteiger partial charge in [0.2, 0.25) is 5.88 Å². The van der Waals surface area contributed by atoms with Crippen molar-refractivity contribution in [2.75, 3.05) is 36.1 Å². The Bertz CT molecular complexity index is 1340. The number of para-hydroxylation sites is 1. The van der Waals surface area contributed by atoms with Crippen molar-refractivity contribution in [3.8, 4) is 11.6 Å². The van der Waals surface area contributed by atoms with Crippen molar-refractivity contribution in [2.45, 2.75) is 0 Å². The van der Waals surface area contributed by atoms with Gasteiger partial charge in [0.05, 0.1) is 18.8 Å². The van der Waals surface area contributed by atoms with Gasteiger partial charge in [-0.3, -0.25) is 14.7 Å². The molecule has 0 saturated carbocycles. The third-order valence-electron chi connectivity index (χ3n) is 5.42. The number of benzene rings is 2. The predicted molar refractivity (Wildman–Crippen MR) is 144 cm³/mol. The summed E-state index contributed by atoms with van der Waals surface area (Å²) < 4.78 is 11.5. The minimum absolute atomic E-state index is 0.0446. The molecule has 1 N–H and O–H groups in total. The van der Waals surface area contributed by atoms with Crippen LogP contribution in [-0.4, -0.2) is 53.4 Å². The van der Waals surface area contributed by atoms with E-state index < -0.39 is 6.09 Å². The number of hydrogen-bond acceptors (Lipinski definition) is 6. The van der Waals surface area contributed by atoms with Gasteiger partial charge in [0.1, 0.15) is 19.0 Å².